The highest BCUT2D eigenvalue weighted by atomic mass is 32.2. The smallest absolute Gasteiger partial charge is 0.0558 e. The van der Waals surface area contributed by atoms with Crippen LogP contribution >= 0.6 is 11.8 Å². The van der Waals surface area contributed by atoms with E-state index in [0.29, 0.717) is 0 Å². The van der Waals surface area contributed by atoms with Gasteiger partial charge in [-0.25, -0.2) is 0 Å². The molecule has 1 nitrogen and oxygen atoms in total. The lowest BCUT2D eigenvalue weighted by atomic mass is 9.88. The molecule has 0 amide bonds. The van der Waals surface area contributed by atoms with Crippen LogP contribution in [0.25, 0.3) is 0 Å². The second kappa shape index (κ2) is 4.17. The van der Waals surface area contributed by atoms with Crippen LogP contribution in [-0.4, -0.2) is 11.2 Å². The molecular formula is C13H21NS. The lowest BCUT2D eigenvalue weighted by Gasteiger charge is -2.23. The Balaban J connectivity index is 3.01. The molecule has 0 aliphatic carbocycles. The van der Waals surface area contributed by atoms with E-state index >= 15 is 0 Å². The van der Waals surface area contributed by atoms with Crippen LogP contribution < -0.4 is 0 Å². The molecule has 15 heavy (non-hydrogen) atoms. The highest BCUT2D eigenvalue weighted by Crippen LogP contribution is 2.32. The van der Waals surface area contributed by atoms with E-state index in [0.717, 1.165) is 5.69 Å². The number of hydrogen-bond acceptors (Lipinski definition) is 2. The Morgan fingerprint density at radius 1 is 1.07 bits per heavy atom. The SMILES string of the molecule is CSC(C)(C)c1ccc(C(C)(C)C)cn1. The van der Waals surface area contributed by atoms with Gasteiger partial charge >= 0.3 is 0 Å². The largest absolute Gasteiger partial charge is 0.260 e. The van der Waals surface area contributed by atoms with E-state index in [1.54, 1.807) is 0 Å². The Bertz CT molecular complexity index is 319. The van der Waals surface area contributed by atoms with Gasteiger partial charge < -0.3 is 0 Å². The van der Waals surface area contributed by atoms with Gasteiger partial charge in [-0.1, -0.05) is 26.8 Å². The molecule has 1 aromatic heterocycles. The van der Waals surface area contributed by atoms with Crippen LogP contribution in [0.1, 0.15) is 45.9 Å². The van der Waals surface area contributed by atoms with Gasteiger partial charge in [-0.15, -0.1) is 0 Å². The van der Waals surface area contributed by atoms with Gasteiger partial charge in [0.1, 0.15) is 0 Å². The van der Waals surface area contributed by atoms with Gasteiger partial charge in [-0.05, 0) is 37.1 Å². The minimum absolute atomic E-state index is 0.108. The second-order valence-electron chi connectivity index (χ2n) is 5.40. The summed E-state index contributed by atoms with van der Waals surface area (Å²) < 4.78 is 0.108. The Morgan fingerprint density at radius 3 is 2.00 bits per heavy atom. The van der Waals surface area contributed by atoms with E-state index in [9.17, 15) is 0 Å². The molecule has 2 heteroatoms. The molecule has 1 rings (SSSR count). The lowest BCUT2D eigenvalue weighted by Crippen LogP contribution is -2.16. The van der Waals surface area contributed by atoms with Gasteiger partial charge in [0.25, 0.3) is 0 Å². The molecule has 0 unspecified atom stereocenters. The van der Waals surface area contributed by atoms with Crippen LogP contribution in [0.15, 0.2) is 18.3 Å². The summed E-state index contributed by atoms with van der Waals surface area (Å²) >= 11 is 1.83. The minimum Gasteiger partial charge on any atom is -0.260 e. The van der Waals surface area contributed by atoms with Crippen molar-refractivity contribution in [2.75, 3.05) is 6.26 Å². The summed E-state index contributed by atoms with van der Waals surface area (Å²) in [6, 6.07) is 4.34. The number of hydrogen-bond donors (Lipinski definition) is 0. The average molecular weight is 223 g/mol. The summed E-state index contributed by atoms with van der Waals surface area (Å²) in [5.74, 6) is 0. The maximum atomic E-state index is 4.57. The normalized spacial score (nSPS) is 12.9. The Hall–Kier alpha value is -0.500. The van der Waals surface area contributed by atoms with Gasteiger partial charge in [0.15, 0.2) is 0 Å². The molecule has 1 heterocycles. The molecule has 0 spiro atoms. The number of rotatable bonds is 2. The van der Waals surface area contributed by atoms with E-state index in [1.807, 2.05) is 18.0 Å². The van der Waals surface area contributed by atoms with Crippen molar-refractivity contribution < 1.29 is 0 Å². The molecule has 0 N–H and O–H groups in total. The fraction of sp³-hybridized carbons (Fsp3) is 0.615. The molecule has 0 aromatic carbocycles. The average Bonchev–Trinajstić information content (AvgIpc) is 2.17. The molecule has 0 radical (unpaired) electrons. The highest BCUT2D eigenvalue weighted by molar-refractivity contribution is 7.99. The van der Waals surface area contributed by atoms with E-state index in [2.05, 4.69) is 58.0 Å². The van der Waals surface area contributed by atoms with Crippen molar-refractivity contribution >= 4 is 11.8 Å². The fourth-order valence-electron chi connectivity index (χ4n) is 1.30. The van der Waals surface area contributed by atoms with Gasteiger partial charge in [0.05, 0.1) is 10.4 Å². The third-order valence-electron chi connectivity index (χ3n) is 2.76. The third-order valence-corrected chi connectivity index (χ3v) is 3.99. The van der Waals surface area contributed by atoms with Crippen molar-refractivity contribution in [2.24, 2.45) is 0 Å². The van der Waals surface area contributed by atoms with Crippen molar-refractivity contribution in [3.05, 3.63) is 29.6 Å². The predicted octanol–water partition coefficient (Wildman–Crippen LogP) is 3.98. The summed E-state index contributed by atoms with van der Waals surface area (Å²) in [7, 11) is 0. The van der Waals surface area contributed by atoms with Crippen molar-refractivity contribution in [2.45, 2.75) is 44.8 Å². The monoisotopic (exact) mass is 223 g/mol. The summed E-state index contributed by atoms with van der Waals surface area (Å²) in [5, 5.41) is 0. The van der Waals surface area contributed by atoms with Crippen LogP contribution in [0.2, 0.25) is 0 Å². The highest BCUT2D eigenvalue weighted by Gasteiger charge is 2.21. The minimum atomic E-state index is 0.108. The first-order valence-electron chi connectivity index (χ1n) is 5.29. The van der Waals surface area contributed by atoms with Crippen LogP contribution in [0.3, 0.4) is 0 Å². The van der Waals surface area contributed by atoms with E-state index < -0.39 is 0 Å². The number of nitrogens with zero attached hydrogens (tertiary/aromatic N) is 1. The summed E-state index contributed by atoms with van der Waals surface area (Å²) in [6.45, 7) is 11.0. The lowest BCUT2D eigenvalue weighted by molar-refractivity contribution is 0.585. The first-order chi connectivity index (χ1) is 6.77. The molecule has 0 aliphatic heterocycles. The standard InChI is InChI=1S/C13H21NS/c1-12(2,3)10-7-8-11(14-9-10)13(4,5)15-6/h7-9H,1-6H3. The molecule has 84 valence electrons. The topological polar surface area (TPSA) is 12.9 Å². The second-order valence-corrected chi connectivity index (χ2v) is 6.83. The summed E-state index contributed by atoms with van der Waals surface area (Å²) in [4.78, 5) is 4.57. The zero-order valence-corrected chi connectivity index (χ0v) is 11.4. The first kappa shape index (κ1) is 12.6. The van der Waals surface area contributed by atoms with Crippen LogP contribution in [0.5, 0.6) is 0 Å². The number of thioether (sulfide) groups is 1. The molecule has 0 bridgehead atoms. The number of aromatic nitrogens is 1. The third kappa shape index (κ3) is 2.97. The van der Waals surface area contributed by atoms with Gasteiger partial charge in [0.2, 0.25) is 0 Å². The van der Waals surface area contributed by atoms with Gasteiger partial charge in [-0.3, -0.25) is 4.98 Å². The Labute approximate surface area is 97.7 Å². The zero-order valence-electron chi connectivity index (χ0n) is 10.6. The Morgan fingerprint density at radius 2 is 1.67 bits per heavy atom. The molecule has 0 fully saturated rings. The van der Waals surface area contributed by atoms with Crippen molar-refractivity contribution in [1.29, 1.82) is 0 Å². The van der Waals surface area contributed by atoms with Crippen molar-refractivity contribution in [3.8, 4) is 0 Å². The summed E-state index contributed by atoms with van der Waals surface area (Å²) in [6.07, 6.45) is 4.13. The van der Waals surface area contributed by atoms with E-state index in [-0.39, 0.29) is 10.2 Å². The molecule has 0 atom stereocenters. The van der Waals surface area contributed by atoms with Gasteiger partial charge in [0, 0.05) is 6.20 Å². The van der Waals surface area contributed by atoms with Crippen molar-refractivity contribution in [1.82, 2.24) is 4.98 Å². The van der Waals surface area contributed by atoms with Crippen molar-refractivity contribution in [3.63, 3.8) is 0 Å². The molecular weight excluding hydrogens is 202 g/mol. The van der Waals surface area contributed by atoms with Gasteiger partial charge in [-0.2, -0.15) is 11.8 Å². The van der Waals surface area contributed by atoms with E-state index in [1.165, 1.54) is 5.56 Å². The van der Waals surface area contributed by atoms with Crippen LogP contribution in [0, 0.1) is 0 Å². The first-order valence-corrected chi connectivity index (χ1v) is 6.52. The zero-order chi connectivity index (χ0) is 11.7. The Kier molecular flexibility index (Phi) is 3.49. The van der Waals surface area contributed by atoms with E-state index in [4.69, 9.17) is 0 Å². The number of pyridine rings is 1. The summed E-state index contributed by atoms with van der Waals surface area (Å²) in [5.41, 5.74) is 2.64. The molecule has 0 aliphatic rings. The molecule has 0 saturated heterocycles. The van der Waals surface area contributed by atoms with Crippen LogP contribution in [0.4, 0.5) is 0 Å². The molecule has 0 saturated carbocycles. The molecule has 1 aromatic rings. The van der Waals surface area contributed by atoms with Crippen LogP contribution in [-0.2, 0) is 10.2 Å². The fourth-order valence-corrected chi connectivity index (χ4v) is 1.63. The maximum absolute atomic E-state index is 4.57. The maximum Gasteiger partial charge on any atom is 0.0558 e. The quantitative estimate of drug-likeness (QED) is 0.752. The predicted molar refractivity (Wildman–Crippen MR) is 69.5 cm³/mol.